The van der Waals surface area contributed by atoms with Gasteiger partial charge in [-0.15, -0.1) is 0 Å². The largest absolute Gasteiger partial charge is 0.495 e. The van der Waals surface area contributed by atoms with E-state index >= 15 is 0 Å². The number of methoxy groups -OCH3 is 1. The van der Waals surface area contributed by atoms with E-state index in [4.69, 9.17) is 16.3 Å². The molecule has 130 valence electrons. The Hall–Kier alpha value is -1.82. The van der Waals surface area contributed by atoms with E-state index in [1.54, 1.807) is 19.1 Å². The molecule has 0 unspecified atom stereocenters. The van der Waals surface area contributed by atoms with Crippen molar-refractivity contribution in [3.05, 3.63) is 53.7 Å². The number of hydrogen-bond donors (Lipinski definition) is 1. The number of piperazine rings is 1. The lowest BCUT2D eigenvalue weighted by Crippen LogP contribution is -2.43. The number of rotatable bonds is 4. The van der Waals surface area contributed by atoms with Crippen molar-refractivity contribution in [1.29, 1.82) is 0 Å². The lowest BCUT2D eigenvalue weighted by molar-refractivity contribution is 0.412. The van der Waals surface area contributed by atoms with Crippen molar-refractivity contribution in [3.8, 4) is 5.75 Å². The van der Waals surface area contributed by atoms with E-state index in [1.807, 2.05) is 12.1 Å². The summed E-state index contributed by atoms with van der Waals surface area (Å²) in [6.07, 6.45) is 2.08. The molecule has 6 heteroatoms. The van der Waals surface area contributed by atoms with E-state index in [9.17, 15) is 0 Å². The van der Waals surface area contributed by atoms with Crippen molar-refractivity contribution >= 4 is 40.1 Å². The fourth-order valence-electron chi connectivity index (χ4n) is 3.16. The van der Waals surface area contributed by atoms with Crippen molar-refractivity contribution < 1.29 is 4.74 Å². The number of benzene rings is 2. The average Bonchev–Trinajstić information content (AvgIpc) is 3.04. The molecule has 2 aromatic carbocycles. The quantitative estimate of drug-likeness (QED) is 0.739. The topological polar surface area (TPSA) is 29.4 Å². The lowest BCUT2D eigenvalue weighted by Gasteiger charge is -2.30. The molecule has 0 spiro atoms. The molecule has 0 radical (unpaired) electrons. The summed E-state index contributed by atoms with van der Waals surface area (Å²) < 4.78 is 7.75. The first-order valence-corrected chi connectivity index (χ1v) is 9.48. The molecule has 0 saturated carbocycles. The Morgan fingerprint density at radius 1 is 1.08 bits per heavy atom. The smallest absolute Gasteiger partial charge is 0.142 e. The third-order valence-electron chi connectivity index (χ3n) is 4.43. The van der Waals surface area contributed by atoms with Gasteiger partial charge in [0.25, 0.3) is 0 Å². The first-order valence-electron chi connectivity index (χ1n) is 8.33. The highest BCUT2D eigenvalue weighted by atomic mass is 35.5. The van der Waals surface area contributed by atoms with Crippen LogP contribution in [0.15, 0.2) is 53.6 Å². The van der Waals surface area contributed by atoms with Gasteiger partial charge in [-0.1, -0.05) is 11.6 Å². The third kappa shape index (κ3) is 3.45. The number of anilines is 1. The fraction of sp³-hybridized carbons (Fsp3) is 0.263. The van der Waals surface area contributed by atoms with E-state index in [0.29, 0.717) is 0 Å². The monoisotopic (exact) mass is 373 g/mol. The summed E-state index contributed by atoms with van der Waals surface area (Å²) in [7, 11) is 1.73. The van der Waals surface area contributed by atoms with Crippen LogP contribution in [0.25, 0.3) is 10.9 Å². The zero-order valence-corrected chi connectivity index (χ0v) is 15.6. The average molecular weight is 374 g/mol. The summed E-state index contributed by atoms with van der Waals surface area (Å²) >= 11 is 7.79. The van der Waals surface area contributed by atoms with Gasteiger partial charge in [0, 0.05) is 47.7 Å². The van der Waals surface area contributed by atoms with Crippen LogP contribution < -0.4 is 15.0 Å². The molecular formula is C19H20ClN3OS. The molecule has 1 fully saturated rings. The van der Waals surface area contributed by atoms with Gasteiger partial charge in [0.2, 0.25) is 0 Å². The Morgan fingerprint density at radius 3 is 2.72 bits per heavy atom. The van der Waals surface area contributed by atoms with Crippen molar-refractivity contribution in [1.82, 2.24) is 9.29 Å². The summed E-state index contributed by atoms with van der Waals surface area (Å²) in [5, 5.41) is 5.31. The van der Waals surface area contributed by atoms with Crippen molar-refractivity contribution in [2.75, 3.05) is 38.2 Å². The molecule has 3 aromatic rings. The van der Waals surface area contributed by atoms with E-state index in [-0.39, 0.29) is 0 Å². The van der Waals surface area contributed by atoms with Crippen LogP contribution in [0.2, 0.25) is 5.02 Å². The molecule has 0 aliphatic carbocycles. The van der Waals surface area contributed by atoms with Crippen molar-refractivity contribution in [2.24, 2.45) is 0 Å². The Kier molecular flexibility index (Phi) is 4.79. The fourth-order valence-corrected chi connectivity index (χ4v) is 4.25. The van der Waals surface area contributed by atoms with Crippen LogP contribution in [0.5, 0.6) is 5.75 Å². The predicted molar refractivity (Wildman–Crippen MR) is 106 cm³/mol. The van der Waals surface area contributed by atoms with Crippen LogP contribution in [0, 0.1) is 0 Å². The highest BCUT2D eigenvalue weighted by Crippen LogP contribution is 2.35. The van der Waals surface area contributed by atoms with Gasteiger partial charge in [0.05, 0.1) is 18.3 Å². The van der Waals surface area contributed by atoms with E-state index in [2.05, 4.69) is 50.7 Å². The maximum absolute atomic E-state index is 6.09. The van der Waals surface area contributed by atoms with Crippen LogP contribution in [0.4, 0.5) is 5.69 Å². The molecule has 2 heterocycles. The standard InChI is InChI=1S/C19H20ClN3OS/c1-24-19-5-3-16(13-18(19)22-10-7-21-8-11-22)25-23-9-6-14-12-15(20)2-4-17(14)23/h2-6,9,12-13,21H,7-8,10-11H2,1H3. The van der Waals surface area contributed by atoms with Crippen LogP contribution in [-0.2, 0) is 0 Å². The van der Waals surface area contributed by atoms with Gasteiger partial charge >= 0.3 is 0 Å². The Morgan fingerprint density at radius 2 is 1.92 bits per heavy atom. The number of halogens is 1. The van der Waals surface area contributed by atoms with E-state index in [0.717, 1.165) is 53.5 Å². The molecule has 0 atom stereocenters. The van der Waals surface area contributed by atoms with Crippen molar-refractivity contribution in [3.63, 3.8) is 0 Å². The SMILES string of the molecule is COc1ccc(Sn2ccc3cc(Cl)ccc32)cc1N1CCNCC1. The Bertz CT molecular complexity index is 890. The first-order chi connectivity index (χ1) is 12.2. The van der Waals surface area contributed by atoms with Gasteiger partial charge in [0.15, 0.2) is 0 Å². The number of ether oxygens (including phenoxy) is 1. The second-order valence-corrected chi connectivity index (χ2v) is 7.49. The molecule has 1 aliphatic rings. The number of aromatic nitrogens is 1. The Balaban J connectivity index is 1.65. The minimum atomic E-state index is 0.765. The maximum Gasteiger partial charge on any atom is 0.142 e. The van der Waals surface area contributed by atoms with Gasteiger partial charge in [0.1, 0.15) is 5.75 Å². The molecule has 4 rings (SSSR count). The second-order valence-electron chi connectivity index (χ2n) is 6.01. The van der Waals surface area contributed by atoms with Gasteiger partial charge in [-0.25, -0.2) is 0 Å². The minimum absolute atomic E-state index is 0.765. The molecular weight excluding hydrogens is 354 g/mol. The molecule has 1 aromatic heterocycles. The van der Waals surface area contributed by atoms with Gasteiger partial charge in [-0.2, -0.15) is 0 Å². The second kappa shape index (κ2) is 7.20. The predicted octanol–water partition coefficient (Wildman–Crippen LogP) is 4.27. The van der Waals surface area contributed by atoms with E-state index < -0.39 is 0 Å². The molecule has 1 aliphatic heterocycles. The number of nitrogens with one attached hydrogen (secondary N) is 1. The number of nitrogens with zero attached hydrogens (tertiary/aromatic N) is 2. The van der Waals surface area contributed by atoms with Gasteiger partial charge < -0.3 is 15.0 Å². The molecule has 1 N–H and O–H groups in total. The molecule has 4 nitrogen and oxygen atoms in total. The number of hydrogen-bond acceptors (Lipinski definition) is 4. The van der Waals surface area contributed by atoms with Crippen LogP contribution >= 0.6 is 23.5 Å². The Labute approximate surface area is 156 Å². The summed E-state index contributed by atoms with van der Waals surface area (Å²) in [4.78, 5) is 3.56. The molecule has 0 amide bonds. The third-order valence-corrected chi connectivity index (χ3v) is 5.64. The van der Waals surface area contributed by atoms with Crippen LogP contribution in [-0.4, -0.2) is 37.3 Å². The summed E-state index contributed by atoms with van der Waals surface area (Å²) in [6.45, 7) is 4.00. The maximum atomic E-state index is 6.09. The summed E-state index contributed by atoms with van der Waals surface area (Å²) in [6, 6.07) is 14.5. The summed E-state index contributed by atoms with van der Waals surface area (Å²) in [5.41, 5.74) is 2.32. The molecule has 1 saturated heterocycles. The van der Waals surface area contributed by atoms with Gasteiger partial charge in [-0.3, -0.25) is 3.97 Å². The normalized spacial score (nSPS) is 14.9. The lowest BCUT2D eigenvalue weighted by atomic mass is 10.2. The molecule has 0 bridgehead atoms. The molecule has 25 heavy (non-hydrogen) atoms. The first kappa shape index (κ1) is 16.6. The van der Waals surface area contributed by atoms with E-state index in [1.165, 1.54) is 4.90 Å². The summed E-state index contributed by atoms with van der Waals surface area (Å²) in [5.74, 6) is 0.926. The zero-order valence-electron chi connectivity index (χ0n) is 14.0. The minimum Gasteiger partial charge on any atom is -0.495 e. The highest BCUT2D eigenvalue weighted by molar-refractivity contribution is 7.98. The van der Waals surface area contributed by atoms with Crippen LogP contribution in [0.3, 0.4) is 0 Å². The zero-order chi connectivity index (χ0) is 17.2. The van der Waals surface area contributed by atoms with Crippen LogP contribution in [0.1, 0.15) is 0 Å². The number of fused-ring (bicyclic) bond motifs is 1. The van der Waals surface area contributed by atoms with Crippen molar-refractivity contribution in [2.45, 2.75) is 4.90 Å². The van der Waals surface area contributed by atoms with Gasteiger partial charge in [-0.05, 0) is 54.4 Å². The highest BCUT2D eigenvalue weighted by Gasteiger charge is 2.16.